The molecule has 0 bridgehead atoms. The van der Waals surface area contributed by atoms with Crippen molar-refractivity contribution >= 4 is 50.1 Å². The summed E-state index contributed by atoms with van der Waals surface area (Å²) in [5.74, 6) is 0. The summed E-state index contributed by atoms with van der Waals surface area (Å²) in [6.45, 7) is 0.742. The molecule has 2 aromatic carbocycles. The van der Waals surface area contributed by atoms with E-state index < -0.39 is 0 Å². The van der Waals surface area contributed by atoms with Gasteiger partial charge in [-0.15, -0.1) is 11.6 Å². The Morgan fingerprint density at radius 2 is 1.90 bits per heavy atom. The fourth-order valence-corrected chi connectivity index (χ4v) is 3.41. The van der Waals surface area contributed by atoms with Crippen molar-refractivity contribution in [1.82, 2.24) is 0 Å². The van der Waals surface area contributed by atoms with Crippen molar-refractivity contribution in [3.05, 3.63) is 67.2 Å². The molecule has 20 heavy (non-hydrogen) atoms. The minimum Gasteiger partial charge on any atom is -0.384 e. The molecule has 0 aliphatic heterocycles. The van der Waals surface area contributed by atoms with Crippen molar-refractivity contribution in [2.45, 2.75) is 11.8 Å². The van der Waals surface area contributed by atoms with Crippen molar-refractivity contribution in [1.29, 1.82) is 0 Å². The van der Waals surface area contributed by atoms with E-state index in [1.807, 2.05) is 6.07 Å². The normalized spacial score (nSPS) is 12.4. The molecule has 0 spiro atoms. The quantitative estimate of drug-likeness (QED) is 0.414. The van der Waals surface area contributed by atoms with Gasteiger partial charge in [0.25, 0.3) is 0 Å². The lowest BCUT2D eigenvalue weighted by Gasteiger charge is -2.13. The first-order valence-electron chi connectivity index (χ1n) is 6.28. The molecule has 0 saturated carbocycles. The Morgan fingerprint density at radius 1 is 1.20 bits per heavy atom. The van der Waals surface area contributed by atoms with Crippen LogP contribution in [0.4, 0.5) is 0 Å². The number of benzene rings is 2. The summed E-state index contributed by atoms with van der Waals surface area (Å²) in [5, 5.41) is -0.143. The molecule has 106 valence electrons. The highest BCUT2D eigenvalue weighted by Crippen LogP contribution is 2.34. The molecular weight excluding hydrogens is 450 g/mol. The molecule has 1 atom stereocenters. The van der Waals surface area contributed by atoms with Crippen molar-refractivity contribution in [3.63, 3.8) is 0 Å². The number of ether oxygens (including phenoxy) is 1. The van der Waals surface area contributed by atoms with Gasteiger partial charge in [-0.2, -0.15) is 0 Å². The number of methoxy groups -OCH3 is 1. The van der Waals surface area contributed by atoms with Gasteiger partial charge in [-0.3, -0.25) is 0 Å². The Morgan fingerprint density at radius 3 is 2.55 bits per heavy atom. The minimum absolute atomic E-state index is 0.143. The fourth-order valence-electron chi connectivity index (χ4n) is 1.96. The van der Waals surface area contributed by atoms with E-state index in [4.69, 9.17) is 16.3 Å². The van der Waals surface area contributed by atoms with Crippen LogP contribution in [0.25, 0.3) is 0 Å². The van der Waals surface area contributed by atoms with Crippen LogP contribution in [-0.4, -0.2) is 13.7 Å². The molecule has 0 amide bonds. The van der Waals surface area contributed by atoms with Gasteiger partial charge in [-0.25, -0.2) is 0 Å². The summed E-state index contributed by atoms with van der Waals surface area (Å²) in [6.07, 6.45) is 0.927. The van der Waals surface area contributed by atoms with Gasteiger partial charge in [0.05, 0.1) is 12.0 Å². The third kappa shape index (κ3) is 4.20. The zero-order valence-corrected chi connectivity index (χ0v) is 15.6. The molecule has 0 aromatic heterocycles. The molecule has 2 aromatic rings. The Hall–Kier alpha value is -0.100. The topological polar surface area (TPSA) is 9.23 Å². The molecule has 0 saturated heterocycles. The average molecular weight is 466 g/mol. The van der Waals surface area contributed by atoms with E-state index in [0.29, 0.717) is 0 Å². The molecule has 1 unspecified atom stereocenters. The first kappa shape index (κ1) is 16.3. The summed E-state index contributed by atoms with van der Waals surface area (Å²) in [6, 6.07) is 14.6. The highest BCUT2D eigenvalue weighted by Gasteiger charge is 2.14. The van der Waals surface area contributed by atoms with Crippen LogP contribution in [0.15, 0.2) is 46.9 Å². The maximum absolute atomic E-state index is 6.61. The summed E-state index contributed by atoms with van der Waals surface area (Å²) in [5.41, 5.74) is 3.47. The van der Waals surface area contributed by atoms with Crippen LogP contribution in [0.3, 0.4) is 0 Å². The van der Waals surface area contributed by atoms with Crippen LogP contribution >= 0.6 is 50.1 Å². The second-order valence-electron chi connectivity index (χ2n) is 4.51. The molecule has 0 radical (unpaired) electrons. The smallest absolute Gasteiger partial charge is 0.0846 e. The number of hydrogen-bond donors (Lipinski definition) is 0. The van der Waals surface area contributed by atoms with Gasteiger partial charge in [0, 0.05) is 15.2 Å². The van der Waals surface area contributed by atoms with Crippen molar-refractivity contribution in [2.24, 2.45) is 0 Å². The molecule has 0 N–H and O–H groups in total. The van der Waals surface area contributed by atoms with Gasteiger partial charge in [-0.1, -0.05) is 40.2 Å². The average Bonchev–Trinajstić information content (AvgIpc) is 2.47. The Balaban J connectivity index is 2.20. The molecule has 4 heteroatoms. The second kappa shape index (κ2) is 7.78. The Bertz CT molecular complexity index is 571. The lowest BCUT2D eigenvalue weighted by atomic mass is 10.0. The van der Waals surface area contributed by atoms with E-state index >= 15 is 0 Å². The van der Waals surface area contributed by atoms with E-state index in [1.165, 1.54) is 9.13 Å². The predicted molar refractivity (Wildman–Crippen MR) is 96.6 cm³/mol. The fraction of sp³-hybridized carbons (Fsp3) is 0.250. The number of rotatable bonds is 5. The summed E-state index contributed by atoms with van der Waals surface area (Å²) in [7, 11) is 1.72. The van der Waals surface area contributed by atoms with Crippen molar-refractivity contribution in [3.8, 4) is 0 Å². The third-order valence-electron chi connectivity index (χ3n) is 3.10. The molecule has 0 aliphatic rings. The van der Waals surface area contributed by atoms with Crippen molar-refractivity contribution < 1.29 is 4.74 Å². The number of halogens is 3. The maximum Gasteiger partial charge on any atom is 0.0846 e. The molecule has 0 fully saturated rings. The summed E-state index contributed by atoms with van der Waals surface area (Å²) in [4.78, 5) is 0. The van der Waals surface area contributed by atoms with E-state index in [-0.39, 0.29) is 5.38 Å². The van der Waals surface area contributed by atoms with Crippen molar-refractivity contribution in [2.75, 3.05) is 13.7 Å². The lowest BCUT2D eigenvalue weighted by molar-refractivity contribution is 0.202. The van der Waals surface area contributed by atoms with E-state index in [1.54, 1.807) is 7.11 Å². The van der Waals surface area contributed by atoms with Crippen LogP contribution < -0.4 is 0 Å². The highest BCUT2D eigenvalue weighted by molar-refractivity contribution is 14.1. The molecule has 1 nitrogen and oxygen atoms in total. The van der Waals surface area contributed by atoms with Gasteiger partial charge in [-0.05, 0) is 63.9 Å². The Labute approximate surface area is 146 Å². The first-order valence-corrected chi connectivity index (χ1v) is 8.59. The maximum atomic E-state index is 6.61. The van der Waals surface area contributed by atoms with E-state index in [2.05, 4.69) is 74.9 Å². The first-order chi connectivity index (χ1) is 9.61. The number of alkyl halides is 1. The standard InChI is InChI=1S/C16H15BrClIO/c1-20-9-8-11-2-4-12(5-3-11)16(18)14-10-13(19)6-7-15(14)17/h2-7,10,16H,8-9H2,1H3. The molecule has 0 heterocycles. The Kier molecular flexibility index (Phi) is 6.33. The van der Waals surface area contributed by atoms with Crippen LogP contribution in [0.2, 0.25) is 0 Å². The van der Waals surface area contributed by atoms with Crippen LogP contribution in [0.5, 0.6) is 0 Å². The largest absolute Gasteiger partial charge is 0.384 e. The zero-order chi connectivity index (χ0) is 14.5. The molecular formula is C16H15BrClIO. The van der Waals surface area contributed by atoms with E-state index in [9.17, 15) is 0 Å². The summed E-state index contributed by atoms with van der Waals surface area (Å²) < 4.78 is 7.32. The monoisotopic (exact) mass is 464 g/mol. The van der Waals surface area contributed by atoms with Gasteiger partial charge in [0.15, 0.2) is 0 Å². The second-order valence-corrected chi connectivity index (χ2v) is 7.05. The number of hydrogen-bond acceptors (Lipinski definition) is 1. The SMILES string of the molecule is COCCc1ccc(C(Cl)c2cc(I)ccc2Br)cc1. The highest BCUT2D eigenvalue weighted by atomic mass is 127. The lowest BCUT2D eigenvalue weighted by Crippen LogP contribution is -1.98. The summed E-state index contributed by atoms with van der Waals surface area (Å²) >= 11 is 12.5. The van der Waals surface area contributed by atoms with E-state index in [0.717, 1.165) is 28.6 Å². The molecule has 0 aliphatic carbocycles. The van der Waals surface area contributed by atoms with Gasteiger partial charge >= 0.3 is 0 Å². The zero-order valence-electron chi connectivity index (χ0n) is 11.1. The molecule has 2 rings (SSSR count). The van der Waals surface area contributed by atoms with Gasteiger partial charge in [0.1, 0.15) is 0 Å². The predicted octanol–water partition coefficient (Wildman–Crippen LogP) is 5.57. The van der Waals surface area contributed by atoms with Gasteiger partial charge < -0.3 is 4.74 Å². The third-order valence-corrected chi connectivity index (χ3v) is 4.98. The van der Waals surface area contributed by atoms with Crippen LogP contribution in [0, 0.1) is 3.57 Å². The van der Waals surface area contributed by atoms with Crippen LogP contribution in [0.1, 0.15) is 22.1 Å². The van der Waals surface area contributed by atoms with Crippen LogP contribution in [-0.2, 0) is 11.2 Å². The van der Waals surface area contributed by atoms with Gasteiger partial charge in [0.2, 0.25) is 0 Å². The minimum atomic E-state index is -0.143.